The lowest BCUT2D eigenvalue weighted by Crippen LogP contribution is -2.30. The molecule has 2 rings (SSSR count). The Hall–Kier alpha value is -3.95. The van der Waals surface area contributed by atoms with Crippen LogP contribution in [0.1, 0.15) is 10.4 Å². The number of non-ortho nitro benzene ring substituents is 1. The van der Waals surface area contributed by atoms with Crippen LogP contribution in [-0.4, -0.2) is 36.9 Å². The Bertz CT molecular complexity index is 911. The van der Waals surface area contributed by atoms with Crippen LogP contribution in [0.15, 0.2) is 42.5 Å². The van der Waals surface area contributed by atoms with Crippen molar-refractivity contribution in [3.8, 4) is 5.75 Å². The number of amides is 2. The molecule has 27 heavy (non-hydrogen) atoms. The SMILES string of the molecule is COC(=O)c1ccccc1NC(=O)C(=O)Nc1ccc([N+](=O)[O-])cc1OC. The van der Waals surface area contributed by atoms with E-state index in [0.29, 0.717) is 0 Å². The van der Waals surface area contributed by atoms with Crippen LogP contribution in [0.3, 0.4) is 0 Å². The fourth-order valence-electron chi connectivity index (χ4n) is 2.13. The van der Waals surface area contributed by atoms with E-state index in [1.807, 2.05) is 0 Å². The van der Waals surface area contributed by atoms with Gasteiger partial charge in [-0.05, 0) is 18.2 Å². The number of ether oxygens (including phenoxy) is 2. The van der Waals surface area contributed by atoms with Gasteiger partial charge in [-0.15, -0.1) is 0 Å². The van der Waals surface area contributed by atoms with Crippen molar-refractivity contribution in [2.75, 3.05) is 24.9 Å². The van der Waals surface area contributed by atoms with Crippen molar-refractivity contribution in [3.63, 3.8) is 0 Å². The van der Waals surface area contributed by atoms with Crippen LogP contribution < -0.4 is 15.4 Å². The summed E-state index contributed by atoms with van der Waals surface area (Å²) >= 11 is 0. The zero-order chi connectivity index (χ0) is 20.0. The fraction of sp³-hybridized carbons (Fsp3) is 0.118. The molecule has 0 radical (unpaired) electrons. The summed E-state index contributed by atoms with van der Waals surface area (Å²) < 4.78 is 9.60. The minimum absolute atomic E-state index is 0.0142. The van der Waals surface area contributed by atoms with Crippen molar-refractivity contribution in [2.45, 2.75) is 0 Å². The number of methoxy groups -OCH3 is 2. The molecule has 2 aromatic rings. The van der Waals surface area contributed by atoms with Gasteiger partial charge in [-0.2, -0.15) is 0 Å². The number of hydrogen-bond acceptors (Lipinski definition) is 7. The molecule has 0 heterocycles. The third-order valence-corrected chi connectivity index (χ3v) is 3.43. The number of carbonyl (C=O) groups is 3. The van der Waals surface area contributed by atoms with Crippen LogP contribution in [0.2, 0.25) is 0 Å². The van der Waals surface area contributed by atoms with Crippen molar-refractivity contribution in [3.05, 3.63) is 58.1 Å². The number of carbonyl (C=O) groups excluding carboxylic acids is 3. The number of para-hydroxylation sites is 1. The first kappa shape index (κ1) is 19.4. The second-order valence-electron chi connectivity index (χ2n) is 5.09. The first-order valence-electron chi connectivity index (χ1n) is 7.49. The number of esters is 1. The van der Waals surface area contributed by atoms with Crippen molar-refractivity contribution in [2.24, 2.45) is 0 Å². The van der Waals surface area contributed by atoms with Gasteiger partial charge in [0.25, 0.3) is 5.69 Å². The Labute approximate surface area is 153 Å². The smallest absolute Gasteiger partial charge is 0.339 e. The highest BCUT2D eigenvalue weighted by molar-refractivity contribution is 6.44. The largest absolute Gasteiger partial charge is 0.494 e. The highest BCUT2D eigenvalue weighted by Gasteiger charge is 2.20. The Morgan fingerprint density at radius 3 is 2.19 bits per heavy atom. The van der Waals surface area contributed by atoms with Crippen LogP contribution in [-0.2, 0) is 14.3 Å². The van der Waals surface area contributed by atoms with E-state index in [1.54, 1.807) is 12.1 Å². The second kappa shape index (κ2) is 8.43. The lowest BCUT2D eigenvalue weighted by molar-refractivity contribution is -0.384. The molecule has 140 valence electrons. The molecule has 0 saturated carbocycles. The lowest BCUT2D eigenvalue weighted by atomic mass is 10.2. The van der Waals surface area contributed by atoms with Crippen molar-refractivity contribution >= 4 is 34.8 Å². The summed E-state index contributed by atoms with van der Waals surface area (Å²) in [5.74, 6) is -2.77. The summed E-state index contributed by atoms with van der Waals surface area (Å²) in [4.78, 5) is 46.1. The summed E-state index contributed by atoms with van der Waals surface area (Å²) in [5.41, 5.74) is 0.0139. The van der Waals surface area contributed by atoms with E-state index in [2.05, 4.69) is 15.4 Å². The first-order valence-corrected chi connectivity index (χ1v) is 7.49. The van der Waals surface area contributed by atoms with Gasteiger partial charge in [0, 0.05) is 6.07 Å². The molecular weight excluding hydrogens is 358 g/mol. The molecule has 0 saturated heterocycles. The van der Waals surface area contributed by atoms with Crippen LogP contribution in [0.5, 0.6) is 5.75 Å². The number of nitro groups is 1. The van der Waals surface area contributed by atoms with E-state index in [1.165, 1.54) is 32.4 Å². The standard InChI is InChI=1S/C17H15N3O7/c1-26-14-9-10(20(24)25)7-8-13(14)19-16(22)15(21)18-12-6-4-3-5-11(12)17(23)27-2/h3-9H,1-2H3,(H,18,21)(H,19,22). The maximum absolute atomic E-state index is 12.1. The Morgan fingerprint density at radius 2 is 1.59 bits per heavy atom. The number of anilines is 2. The molecule has 0 aliphatic heterocycles. The highest BCUT2D eigenvalue weighted by atomic mass is 16.6. The number of hydrogen-bond donors (Lipinski definition) is 2. The van der Waals surface area contributed by atoms with Gasteiger partial charge in [-0.3, -0.25) is 19.7 Å². The van der Waals surface area contributed by atoms with E-state index in [9.17, 15) is 24.5 Å². The van der Waals surface area contributed by atoms with E-state index < -0.39 is 22.7 Å². The molecule has 0 unspecified atom stereocenters. The molecule has 0 bridgehead atoms. The maximum Gasteiger partial charge on any atom is 0.339 e. The van der Waals surface area contributed by atoms with Gasteiger partial charge < -0.3 is 20.1 Å². The minimum Gasteiger partial charge on any atom is -0.494 e. The molecule has 0 fully saturated rings. The summed E-state index contributed by atoms with van der Waals surface area (Å²) in [6, 6.07) is 9.51. The van der Waals surface area contributed by atoms with Crippen LogP contribution in [0, 0.1) is 10.1 Å². The summed E-state index contributed by atoms with van der Waals surface area (Å²) in [5, 5.41) is 15.4. The van der Waals surface area contributed by atoms with Gasteiger partial charge in [0.2, 0.25) is 0 Å². The molecule has 10 heteroatoms. The van der Waals surface area contributed by atoms with Gasteiger partial charge in [0.05, 0.1) is 42.1 Å². The van der Waals surface area contributed by atoms with Crippen molar-refractivity contribution < 1.29 is 28.8 Å². The number of nitrogens with zero attached hydrogens (tertiary/aromatic N) is 1. The number of nitrogens with one attached hydrogen (secondary N) is 2. The molecule has 2 amide bonds. The summed E-state index contributed by atoms with van der Waals surface area (Å²) in [6.07, 6.45) is 0. The quantitative estimate of drug-likeness (QED) is 0.354. The van der Waals surface area contributed by atoms with Crippen LogP contribution >= 0.6 is 0 Å². The van der Waals surface area contributed by atoms with Crippen LogP contribution in [0.4, 0.5) is 17.1 Å². The lowest BCUT2D eigenvalue weighted by Gasteiger charge is -2.11. The predicted molar refractivity (Wildman–Crippen MR) is 94.7 cm³/mol. The Kier molecular flexibility index (Phi) is 6.05. The number of nitro benzene ring substituents is 1. The van der Waals surface area contributed by atoms with Crippen LogP contribution in [0.25, 0.3) is 0 Å². The summed E-state index contributed by atoms with van der Waals surface area (Å²) in [7, 11) is 2.45. The Morgan fingerprint density at radius 1 is 0.963 bits per heavy atom. The normalized spacial score (nSPS) is 9.85. The molecule has 0 aliphatic rings. The third kappa shape index (κ3) is 4.57. The van der Waals surface area contributed by atoms with Gasteiger partial charge in [0.15, 0.2) is 0 Å². The average molecular weight is 373 g/mol. The zero-order valence-electron chi connectivity index (χ0n) is 14.3. The van der Waals surface area contributed by atoms with E-state index in [0.717, 1.165) is 12.1 Å². The van der Waals surface area contributed by atoms with Crippen molar-refractivity contribution in [1.29, 1.82) is 0 Å². The molecule has 0 aromatic heterocycles. The van der Waals surface area contributed by atoms with E-state index >= 15 is 0 Å². The summed E-state index contributed by atoms with van der Waals surface area (Å²) in [6.45, 7) is 0. The molecule has 0 aliphatic carbocycles. The number of rotatable bonds is 5. The molecule has 2 aromatic carbocycles. The van der Waals surface area contributed by atoms with Gasteiger partial charge in [-0.25, -0.2) is 4.79 Å². The predicted octanol–water partition coefficient (Wildman–Crippen LogP) is 1.97. The first-order chi connectivity index (χ1) is 12.9. The molecule has 2 N–H and O–H groups in total. The van der Waals surface area contributed by atoms with E-state index in [-0.39, 0.29) is 28.4 Å². The van der Waals surface area contributed by atoms with Gasteiger partial charge >= 0.3 is 17.8 Å². The number of benzene rings is 2. The topological polar surface area (TPSA) is 137 Å². The molecule has 10 nitrogen and oxygen atoms in total. The zero-order valence-corrected chi connectivity index (χ0v) is 14.3. The molecule has 0 atom stereocenters. The third-order valence-electron chi connectivity index (χ3n) is 3.43. The highest BCUT2D eigenvalue weighted by Crippen LogP contribution is 2.29. The fourth-order valence-corrected chi connectivity index (χ4v) is 2.13. The minimum atomic E-state index is -1.05. The average Bonchev–Trinajstić information content (AvgIpc) is 2.67. The van der Waals surface area contributed by atoms with Gasteiger partial charge in [-0.1, -0.05) is 12.1 Å². The second-order valence-corrected chi connectivity index (χ2v) is 5.09. The molecule has 0 spiro atoms. The molecular formula is C17H15N3O7. The van der Waals surface area contributed by atoms with Crippen molar-refractivity contribution in [1.82, 2.24) is 0 Å². The van der Waals surface area contributed by atoms with Gasteiger partial charge in [0.1, 0.15) is 5.75 Å². The monoisotopic (exact) mass is 373 g/mol. The Balaban J connectivity index is 2.17. The maximum atomic E-state index is 12.1. The van der Waals surface area contributed by atoms with E-state index in [4.69, 9.17) is 4.74 Å².